The van der Waals surface area contributed by atoms with E-state index in [0.717, 1.165) is 22.0 Å². The van der Waals surface area contributed by atoms with Gasteiger partial charge in [-0.25, -0.2) is 4.79 Å². The first-order chi connectivity index (χ1) is 21.9. The highest BCUT2D eigenvalue weighted by Gasteiger charge is 2.22. The maximum Gasteiger partial charge on any atom is 0.326 e. The van der Waals surface area contributed by atoms with Crippen molar-refractivity contribution in [1.29, 1.82) is 0 Å². The Morgan fingerprint density at radius 1 is 0.822 bits per heavy atom. The molecule has 0 aromatic heterocycles. The van der Waals surface area contributed by atoms with Crippen molar-refractivity contribution in [1.82, 2.24) is 0 Å². The number of ketones is 1. The van der Waals surface area contributed by atoms with Crippen LogP contribution in [0.1, 0.15) is 28.4 Å². The summed E-state index contributed by atoms with van der Waals surface area (Å²) in [6, 6.07) is 35.9. The second-order valence-electron chi connectivity index (χ2n) is 10.5. The number of carbonyl (C=O) groups is 3. The molecule has 2 N–H and O–H groups in total. The molecule has 0 fully saturated rings. The molecule has 0 radical (unpaired) electrons. The molecule has 7 nitrogen and oxygen atoms in total. The van der Waals surface area contributed by atoms with Gasteiger partial charge in [0.05, 0.1) is 12.2 Å². The average molecular weight is 599 g/mol. The number of hydrogen-bond donors (Lipinski definition) is 2. The molecule has 1 amide bonds. The van der Waals surface area contributed by atoms with Gasteiger partial charge in [0, 0.05) is 28.6 Å². The van der Waals surface area contributed by atoms with E-state index in [9.17, 15) is 19.5 Å². The standard InChI is InChI=1S/C38H34N2O5/c1-2-11-36(41)40(35-19-10-15-28-12-6-7-16-31(28)35)24-25-45-30-22-20-27(21-23-30)26-34(38(43)44)39-33-18-9-8-17-32(33)37(42)29-13-4-3-5-14-29/h2-23,34,39H,24-26H2,1H3,(H,43,44)/b11-2+/t34-/m0/s1. The fourth-order valence-corrected chi connectivity index (χ4v) is 5.18. The number of hydrogen-bond acceptors (Lipinski definition) is 5. The number of rotatable bonds is 13. The number of nitrogens with zero attached hydrogens (tertiary/aromatic N) is 1. The third-order valence-electron chi connectivity index (χ3n) is 7.41. The second kappa shape index (κ2) is 14.7. The molecule has 0 unspecified atom stereocenters. The number of carbonyl (C=O) groups excluding carboxylic acids is 2. The minimum absolute atomic E-state index is 0.132. The third kappa shape index (κ3) is 7.64. The minimum Gasteiger partial charge on any atom is -0.492 e. The fraction of sp³-hybridized carbons (Fsp3) is 0.132. The summed E-state index contributed by atoms with van der Waals surface area (Å²) in [5.74, 6) is -0.742. The van der Waals surface area contributed by atoms with Crippen LogP contribution in [0.25, 0.3) is 10.8 Å². The Balaban J connectivity index is 1.24. The SMILES string of the molecule is C/C=C/C(=O)N(CCOc1ccc(C[C@H](Nc2ccccc2C(=O)c2ccccc2)C(=O)O)cc1)c1cccc2ccccc12. The molecule has 45 heavy (non-hydrogen) atoms. The zero-order chi connectivity index (χ0) is 31.6. The smallest absolute Gasteiger partial charge is 0.326 e. The van der Waals surface area contributed by atoms with Gasteiger partial charge in [0.2, 0.25) is 0 Å². The average Bonchev–Trinajstić information content (AvgIpc) is 3.07. The van der Waals surface area contributed by atoms with E-state index < -0.39 is 12.0 Å². The molecule has 0 saturated carbocycles. The molecule has 5 rings (SSSR count). The number of allylic oxidation sites excluding steroid dienone is 1. The van der Waals surface area contributed by atoms with E-state index in [1.807, 2.05) is 67.6 Å². The van der Waals surface area contributed by atoms with E-state index in [1.165, 1.54) is 0 Å². The molecule has 0 bridgehead atoms. The van der Waals surface area contributed by atoms with Gasteiger partial charge in [0.15, 0.2) is 5.78 Å². The summed E-state index contributed by atoms with van der Waals surface area (Å²) in [5.41, 5.74) is 3.00. The van der Waals surface area contributed by atoms with E-state index in [2.05, 4.69) is 5.32 Å². The Morgan fingerprint density at radius 3 is 2.27 bits per heavy atom. The first-order valence-electron chi connectivity index (χ1n) is 14.8. The van der Waals surface area contributed by atoms with Crippen LogP contribution in [-0.2, 0) is 16.0 Å². The topological polar surface area (TPSA) is 95.9 Å². The minimum atomic E-state index is -1.03. The van der Waals surface area contributed by atoms with Crippen molar-refractivity contribution in [3.8, 4) is 5.75 Å². The van der Waals surface area contributed by atoms with Crippen molar-refractivity contribution in [3.63, 3.8) is 0 Å². The number of amides is 1. The van der Waals surface area contributed by atoms with E-state index >= 15 is 0 Å². The van der Waals surface area contributed by atoms with E-state index in [4.69, 9.17) is 4.74 Å². The number of anilines is 2. The molecule has 5 aromatic rings. The Hall–Kier alpha value is -5.69. The number of benzene rings is 5. The normalized spacial score (nSPS) is 11.7. The molecule has 1 atom stereocenters. The number of carboxylic acid groups (broad SMARTS) is 1. The van der Waals surface area contributed by atoms with Crippen molar-refractivity contribution in [3.05, 3.63) is 150 Å². The van der Waals surface area contributed by atoms with Gasteiger partial charge in [-0.1, -0.05) is 97.1 Å². The van der Waals surface area contributed by atoms with Gasteiger partial charge in [-0.15, -0.1) is 0 Å². The van der Waals surface area contributed by atoms with Gasteiger partial charge in [-0.3, -0.25) is 9.59 Å². The molecule has 0 aliphatic heterocycles. The lowest BCUT2D eigenvalue weighted by Crippen LogP contribution is -2.33. The summed E-state index contributed by atoms with van der Waals surface area (Å²) in [6.45, 7) is 2.41. The Bertz CT molecular complexity index is 1810. The van der Waals surface area contributed by atoms with Crippen LogP contribution in [0.4, 0.5) is 11.4 Å². The third-order valence-corrected chi connectivity index (χ3v) is 7.41. The number of aliphatic carboxylic acids is 1. The van der Waals surface area contributed by atoms with E-state index in [0.29, 0.717) is 29.1 Å². The van der Waals surface area contributed by atoms with Crippen molar-refractivity contribution in [2.24, 2.45) is 0 Å². The van der Waals surface area contributed by atoms with Gasteiger partial charge < -0.3 is 20.1 Å². The van der Waals surface area contributed by atoms with Crippen molar-refractivity contribution in [2.45, 2.75) is 19.4 Å². The zero-order valence-electron chi connectivity index (χ0n) is 24.9. The predicted octanol–water partition coefficient (Wildman–Crippen LogP) is 7.17. The van der Waals surface area contributed by atoms with Crippen LogP contribution in [0.5, 0.6) is 5.75 Å². The number of nitrogens with one attached hydrogen (secondary N) is 1. The largest absolute Gasteiger partial charge is 0.492 e. The molecule has 7 heteroatoms. The summed E-state index contributed by atoms with van der Waals surface area (Å²) in [7, 11) is 0. The number of para-hydroxylation sites is 1. The number of ether oxygens (including phenoxy) is 1. The first-order valence-corrected chi connectivity index (χ1v) is 14.8. The highest BCUT2D eigenvalue weighted by molar-refractivity contribution is 6.12. The lowest BCUT2D eigenvalue weighted by atomic mass is 10.00. The maximum atomic E-state index is 13.1. The summed E-state index contributed by atoms with van der Waals surface area (Å²) in [6.07, 6.45) is 3.45. The highest BCUT2D eigenvalue weighted by atomic mass is 16.5. The number of carboxylic acids is 1. The van der Waals surface area contributed by atoms with Crippen LogP contribution in [-0.4, -0.2) is 42.0 Å². The van der Waals surface area contributed by atoms with Crippen LogP contribution >= 0.6 is 0 Å². The van der Waals surface area contributed by atoms with Gasteiger partial charge in [-0.2, -0.15) is 0 Å². The Kier molecular flexibility index (Phi) is 10.0. The highest BCUT2D eigenvalue weighted by Crippen LogP contribution is 2.27. The molecule has 5 aromatic carbocycles. The van der Waals surface area contributed by atoms with Crippen LogP contribution < -0.4 is 15.0 Å². The van der Waals surface area contributed by atoms with E-state index in [1.54, 1.807) is 77.7 Å². The van der Waals surface area contributed by atoms with Crippen LogP contribution in [0.15, 0.2) is 133 Å². The second-order valence-corrected chi connectivity index (χ2v) is 10.5. The monoisotopic (exact) mass is 598 g/mol. The summed E-state index contributed by atoms with van der Waals surface area (Å²) in [4.78, 5) is 40.1. The van der Waals surface area contributed by atoms with Gasteiger partial charge >= 0.3 is 5.97 Å². The zero-order valence-corrected chi connectivity index (χ0v) is 24.9. The molecule has 0 saturated heterocycles. The summed E-state index contributed by atoms with van der Waals surface area (Å²) in [5, 5.41) is 15.1. The number of fused-ring (bicyclic) bond motifs is 1. The molecular weight excluding hydrogens is 564 g/mol. The Morgan fingerprint density at radius 2 is 1.51 bits per heavy atom. The molecule has 0 aliphatic rings. The summed E-state index contributed by atoms with van der Waals surface area (Å²) < 4.78 is 6.00. The predicted molar refractivity (Wildman–Crippen MR) is 178 cm³/mol. The Labute approximate surface area is 262 Å². The molecule has 226 valence electrons. The fourth-order valence-electron chi connectivity index (χ4n) is 5.18. The lowest BCUT2D eigenvalue weighted by Gasteiger charge is -2.23. The van der Waals surface area contributed by atoms with Crippen LogP contribution in [0.3, 0.4) is 0 Å². The van der Waals surface area contributed by atoms with Crippen LogP contribution in [0.2, 0.25) is 0 Å². The van der Waals surface area contributed by atoms with Crippen molar-refractivity contribution < 1.29 is 24.2 Å². The molecule has 0 aliphatic carbocycles. The van der Waals surface area contributed by atoms with Gasteiger partial charge in [-0.05, 0) is 54.3 Å². The molecule has 0 heterocycles. The van der Waals surface area contributed by atoms with Gasteiger partial charge in [0.25, 0.3) is 5.91 Å². The molecular formula is C38H34N2O5. The van der Waals surface area contributed by atoms with Gasteiger partial charge in [0.1, 0.15) is 18.4 Å². The van der Waals surface area contributed by atoms with Crippen molar-refractivity contribution in [2.75, 3.05) is 23.4 Å². The van der Waals surface area contributed by atoms with E-state index in [-0.39, 0.29) is 24.7 Å². The lowest BCUT2D eigenvalue weighted by molar-refractivity contribution is -0.137. The first kappa shape index (κ1) is 30.8. The summed E-state index contributed by atoms with van der Waals surface area (Å²) >= 11 is 0. The quantitative estimate of drug-likeness (QED) is 0.110. The van der Waals surface area contributed by atoms with Crippen LogP contribution in [0, 0.1) is 0 Å². The maximum absolute atomic E-state index is 13.1. The van der Waals surface area contributed by atoms with Crippen molar-refractivity contribution >= 4 is 39.8 Å². The molecule has 0 spiro atoms.